The lowest BCUT2D eigenvalue weighted by Gasteiger charge is -2.34. The minimum Gasteiger partial charge on any atom is -0.369 e. The lowest BCUT2D eigenvalue weighted by atomic mass is 10.1. The quantitative estimate of drug-likeness (QED) is 0.520. The lowest BCUT2D eigenvalue weighted by Crippen LogP contribution is -2.48. The molecule has 2 aliphatic rings. The van der Waals surface area contributed by atoms with Gasteiger partial charge in [0.1, 0.15) is 5.82 Å². The Balaban J connectivity index is 1.54. The minimum atomic E-state index is -0.769. The molecular formula is C25H32FN7O2. The highest BCUT2D eigenvalue weighted by molar-refractivity contribution is 5.98. The molecule has 0 aliphatic carbocycles. The molecule has 2 aliphatic heterocycles. The van der Waals surface area contributed by atoms with E-state index < -0.39 is 11.7 Å². The number of anilines is 4. The van der Waals surface area contributed by atoms with Crippen LogP contribution in [0.4, 0.5) is 27.4 Å². The highest BCUT2D eigenvalue weighted by Crippen LogP contribution is 2.29. The number of primary amides is 1. The number of pyridine rings is 1. The maximum atomic E-state index is 15.0. The fourth-order valence-corrected chi connectivity index (χ4v) is 4.49. The van der Waals surface area contributed by atoms with Crippen molar-refractivity contribution < 1.29 is 14.0 Å². The van der Waals surface area contributed by atoms with Crippen molar-refractivity contribution in [2.24, 2.45) is 5.73 Å². The number of likely N-dealkylation sites (N-methyl/N-ethyl adjacent to an activating group) is 1. The summed E-state index contributed by atoms with van der Waals surface area (Å²) in [6.07, 6.45) is 2.76. The van der Waals surface area contributed by atoms with Gasteiger partial charge in [0.15, 0.2) is 11.6 Å². The average Bonchev–Trinajstić information content (AvgIpc) is 2.86. The number of nitrogens with zero attached hydrogens (tertiary/aromatic N) is 4. The molecule has 2 saturated heterocycles. The van der Waals surface area contributed by atoms with Crippen LogP contribution in [-0.2, 0) is 4.79 Å². The third-order valence-electron chi connectivity index (χ3n) is 6.47. The van der Waals surface area contributed by atoms with E-state index in [1.807, 2.05) is 24.3 Å². The van der Waals surface area contributed by atoms with Gasteiger partial charge in [0.05, 0.1) is 5.56 Å². The Morgan fingerprint density at radius 3 is 2.51 bits per heavy atom. The summed E-state index contributed by atoms with van der Waals surface area (Å²) < 4.78 is 15.0. The number of halogens is 1. The van der Waals surface area contributed by atoms with Crippen molar-refractivity contribution in [2.75, 3.05) is 61.4 Å². The standard InChI is InChI=1S/C25H32FN7O2/c1-3-22(34)28-18-5-4-10-33(16-18)25-21(26)15-20(23(27)35)24(30-25)29-17-6-8-19(9-7-17)32-13-11-31(2)12-14-32/h3,6-9,15,18H,1,4-5,10-14,16H2,2H3,(H2,27,35)(H,28,34)(H,29,30)/t18-/m1/s1. The number of hydrogen-bond acceptors (Lipinski definition) is 7. The SMILES string of the molecule is C=CC(=O)N[C@@H]1CCCN(c2nc(Nc3ccc(N4CCN(C)CC4)cc3)c(C(N)=O)cc2F)C1. The van der Waals surface area contributed by atoms with Crippen LogP contribution in [0.25, 0.3) is 0 Å². The second kappa shape index (κ2) is 10.7. The van der Waals surface area contributed by atoms with Crippen molar-refractivity contribution >= 4 is 34.8 Å². The summed E-state index contributed by atoms with van der Waals surface area (Å²) in [6, 6.07) is 8.82. The third kappa shape index (κ3) is 5.89. The van der Waals surface area contributed by atoms with Gasteiger partial charge in [0.2, 0.25) is 5.91 Å². The van der Waals surface area contributed by atoms with Gasteiger partial charge < -0.3 is 31.1 Å². The molecule has 0 radical (unpaired) electrons. The van der Waals surface area contributed by atoms with E-state index in [-0.39, 0.29) is 29.1 Å². The zero-order chi connectivity index (χ0) is 24.9. The number of piperazine rings is 1. The number of nitrogens with two attached hydrogens (primary N) is 1. The van der Waals surface area contributed by atoms with E-state index in [9.17, 15) is 9.59 Å². The highest BCUT2D eigenvalue weighted by Gasteiger charge is 2.26. The van der Waals surface area contributed by atoms with Crippen LogP contribution in [0, 0.1) is 5.82 Å². The molecule has 4 rings (SSSR count). The van der Waals surface area contributed by atoms with Crippen molar-refractivity contribution in [3.05, 3.63) is 54.4 Å². The molecule has 3 heterocycles. The molecule has 1 aromatic carbocycles. The number of amides is 2. The Labute approximate surface area is 204 Å². The number of carbonyl (C=O) groups excluding carboxylic acids is 2. The number of aromatic nitrogens is 1. The first kappa shape index (κ1) is 24.5. The van der Waals surface area contributed by atoms with E-state index >= 15 is 4.39 Å². The maximum Gasteiger partial charge on any atom is 0.252 e. The fourth-order valence-electron chi connectivity index (χ4n) is 4.49. The zero-order valence-corrected chi connectivity index (χ0v) is 20.0. The summed E-state index contributed by atoms with van der Waals surface area (Å²) >= 11 is 0. The number of rotatable bonds is 7. The van der Waals surface area contributed by atoms with Gasteiger partial charge in [0, 0.05) is 56.7 Å². The van der Waals surface area contributed by atoms with Gasteiger partial charge in [-0.2, -0.15) is 0 Å². The van der Waals surface area contributed by atoms with Crippen LogP contribution in [0.1, 0.15) is 23.2 Å². The van der Waals surface area contributed by atoms with Crippen LogP contribution in [0.15, 0.2) is 43.0 Å². The molecule has 4 N–H and O–H groups in total. The number of benzene rings is 1. The molecule has 2 aromatic rings. The summed E-state index contributed by atoms with van der Waals surface area (Å²) in [5, 5.41) is 6.00. The normalized spacial score (nSPS) is 18.7. The van der Waals surface area contributed by atoms with E-state index in [0.717, 1.165) is 50.8 Å². The predicted molar refractivity (Wildman–Crippen MR) is 136 cm³/mol. The smallest absolute Gasteiger partial charge is 0.252 e. The average molecular weight is 482 g/mol. The summed E-state index contributed by atoms with van der Waals surface area (Å²) in [5.41, 5.74) is 7.33. The molecule has 0 saturated carbocycles. The van der Waals surface area contributed by atoms with Crippen molar-refractivity contribution in [3.63, 3.8) is 0 Å². The molecule has 2 fully saturated rings. The summed E-state index contributed by atoms with van der Waals surface area (Å²) in [5.74, 6) is -1.36. The summed E-state index contributed by atoms with van der Waals surface area (Å²) in [6.45, 7) is 8.41. The molecule has 0 unspecified atom stereocenters. The maximum absolute atomic E-state index is 15.0. The van der Waals surface area contributed by atoms with E-state index in [1.54, 1.807) is 4.90 Å². The van der Waals surface area contributed by atoms with E-state index in [2.05, 4.69) is 39.0 Å². The molecule has 10 heteroatoms. The number of piperidine rings is 1. The van der Waals surface area contributed by atoms with Gasteiger partial charge in [-0.3, -0.25) is 9.59 Å². The van der Waals surface area contributed by atoms with Crippen LogP contribution >= 0.6 is 0 Å². The number of carbonyl (C=O) groups is 2. The Bertz CT molecular complexity index is 1080. The molecular weight excluding hydrogens is 449 g/mol. The Morgan fingerprint density at radius 1 is 1.14 bits per heavy atom. The molecule has 1 aromatic heterocycles. The summed E-state index contributed by atoms with van der Waals surface area (Å²) in [7, 11) is 2.12. The topological polar surface area (TPSA) is 107 Å². The second-order valence-electron chi connectivity index (χ2n) is 9.01. The first-order valence-corrected chi connectivity index (χ1v) is 11.8. The zero-order valence-electron chi connectivity index (χ0n) is 20.0. The van der Waals surface area contributed by atoms with Gasteiger partial charge in [-0.05, 0) is 56.3 Å². The predicted octanol–water partition coefficient (Wildman–Crippen LogP) is 2.09. The Hall–Kier alpha value is -3.66. The van der Waals surface area contributed by atoms with Crippen molar-refractivity contribution in [1.29, 1.82) is 0 Å². The molecule has 9 nitrogen and oxygen atoms in total. The van der Waals surface area contributed by atoms with E-state index in [4.69, 9.17) is 5.73 Å². The summed E-state index contributed by atoms with van der Waals surface area (Å²) in [4.78, 5) is 34.6. The molecule has 0 spiro atoms. The third-order valence-corrected chi connectivity index (χ3v) is 6.47. The van der Waals surface area contributed by atoms with Crippen LogP contribution in [-0.4, -0.2) is 74.1 Å². The van der Waals surface area contributed by atoms with E-state index in [1.165, 1.54) is 6.08 Å². The van der Waals surface area contributed by atoms with E-state index in [0.29, 0.717) is 18.8 Å². The first-order valence-electron chi connectivity index (χ1n) is 11.8. The fraction of sp³-hybridized carbons (Fsp3) is 0.400. The van der Waals surface area contributed by atoms with Crippen LogP contribution in [0.3, 0.4) is 0 Å². The molecule has 0 bridgehead atoms. The highest BCUT2D eigenvalue weighted by atomic mass is 19.1. The Morgan fingerprint density at radius 2 is 1.86 bits per heavy atom. The van der Waals surface area contributed by atoms with Gasteiger partial charge in [-0.15, -0.1) is 0 Å². The molecule has 2 amide bonds. The van der Waals surface area contributed by atoms with Crippen molar-refractivity contribution in [1.82, 2.24) is 15.2 Å². The molecule has 1 atom stereocenters. The minimum absolute atomic E-state index is 0.0251. The molecule has 186 valence electrons. The van der Waals surface area contributed by atoms with Crippen LogP contribution < -0.4 is 26.2 Å². The van der Waals surface area contributed by atoms with Crippen LogP contribution in [0.5, 0.6) is 0 Å². The van der Waals surface area contributed by atoms with Crippen molar-refractivity contribution in [3.8, 4) is 0 Å². The monoisotopic (exact) mass is 481 g/mol. The van der Waals surface area contributed by atoms with Gasteiger partial charge >= 0.3 is 0 Å². The second-order valence-corrected chi connectivity index (χ2v) is 9.01. The first-order chi connectivity index (χ1) is 16.8. The molecule has 35 heavy (non-hydrogen) atoms. The Kier molecular flexibility index (Phi) is 7.50. The van der Waals surface area contributed by atoms with Crippen molar-refractivity contribution in [2.45, 2.75) is 18.9 Å². The number of hydrogen-bond donors (Lipinski definition) is 3. The largest absolute Gasteiger partial charge is 0.369 e. The number of nitrogens with one attached hydrogen (secondary N) is 2. The van der Waals surface area contributed by atoms with Gasteiger partial charge in [0.25, 0.3) is 5.91 Å². The van der Waals surface area contributed by atoms with Crippen LogP contribution in [0.2, 0.25) is 0 Å². The van der Waals surface area contributed by atoms with Gasteiger partial charge in [-0.25, -0.2) is 9.37 Å². The lowest BCUT2D eigenvalue weighted by molar-refractivity contribution is -0.117. The van der Waals surface area contributed by atoms with Gasteiger partial charge in [-0.1, -0.05) is 6.58 Å².